The fourth-order valence-corrected chi connectivity index (χ4v) is 1.45. The van der Waals surface area contributed by atoms with E-state index in [4.69, 9.17) is 30.3 Å². The van der Waals surface area contributed by atoms with E-state index in [0.717, 1.165) is 0 Å². The van der Waals surface area contributed by atoms with E-state index in [0.29, 0.717) is 11.0 Å². The number of hydrogen-bond donors (Lipinski definition) is 5. The average molecular weight is 354 g/mol. The Morgan fingerprint density at radius 1 is 0.917 bits per heavy atom. The second-order valence-corrected chi connectivity index (χ2v) is 5.87. The monoisotopic (exact) mass is 354 g/mol. The number of hydrogen-bond acceptors (Lipinski definition) is 7. The first-order valence-electron chi connectivity index (χ1n) is 6.68. The van der Waals surface area contributed by atoms with Gasteiger partial charge in [-0.25, -0.2) is 9.59 Å². The molecule has 0 aliphatic carbocycles. The van der Waals surface area contributed by atoms with Gasteiger partial charge in [0, 0.05) is 6.92 Å². The van der Waals surface area contributed by atoms with Gasteiger partial charge in [0.1, 0.15) is 6.54 Å². The molecule has 0 unspecified atom stereocenters. The van der Waals surface area contributed by atoms with E-state index >= 15 is 0 Å². The molecule has 0 radical (unpaired) electrons. The number of carboxylic acids is 3. The third kappa shape index (κ3) is 13.4. The number of esters is 1. The van der Waals surface area contributed by atoms with Crippen LogP contribution in [0, 0.1) is 0 Å². The van der Waals surface area contributed by atoms with Gasteiger partial charge in [-0.2, -0.15) is 0 Å². The van der Waals surface area contributed by atoms with Gasteiger partial charge in [-0.05, 0) is 0 Å². The average Bonchev–Trinajstić information content (AvgIpc) is 2.33. The predicted molar refractivity (Wildman–Crippen MR) is 78.0 cm³/mol. The number of aliphatic hydroxyl groups excluding tert-OH is 2. The first kappa shape index (κ1) is 24.0. The van der Waals surface area contributed by atoms with Crippen molar-refractivity contribution in [2.24, 2.45) is 0 Å². The van der Waals surface area contributed by atoms with Crippen molar-refractivity contribution in [1.82, 2.24) is 0 Å². The van der Waals surface area contributed by atoms with Crippen molar-refractivity contribution in [3.8, 4) is 0 Å². The number of ether oxygens (including phenoxy) is 1. The summed E-state index contributed by atoms with van der Waals surface area (Å²) in [6.07, 6.45) is -5.23. The van der Waals surface area contributed by atoms with Crippen molar-refractivity contribution in [2.75, 3.05) is 27.7 Å². The summed E-state index contributed by atoms with van der Waals surface area (Å²) in [5.41, 5.74) is 0. The summed E-state index contributed by atoms with van der Waals surface area (Å²) in [5, 5.41) is 41.1. The van der Waals surface area contributed by atoms with Gasteiger partial charge in [0.2, 0.25) is 0 Å². The molecule has 140 valence electrons. The fourth-order valence-electron chi connectivity index (χ4n) is 1.45. The Hall–Kier alpha value is -2.24. The third-order valence-corrected chi connectivity index (χ3v) is 2.29. The molecule has 0 spiro atoms. The van der Waals surface area contributed by atoms with Crippen LogP contribution in [0.1, 0.15) is 13.3 Å². The number of rotatable bonds is 8. The molecule has 3 atom stereocenters. The maximum Gasteiger partial charge on any atom is 0.335 e. The van der Waals surface area contributed by atoms with Gasteiger partial charge in [0.05, 0.1) is 27.6 Å². The van der Waals surface area contributed by atoms with Gasteiger partial charge in [-0.1, -0.05) is 0 Å². The summed E-state index contributed by atoms with van der Waals surface area (Å²) < 4.78 is 5.46. The van der Waals surface area contributed by atoms with E-state index in [2.05, 4.69) is 0 Å². The van der Waals surface area contributed by atoms with Crippen LogP contribution in [-0.2, 0) is 23.9 Å². The van der Waals surface area contributed by atoms with Gasteiger partial charge in [-0.3, -0.25) is 9.59 Å². The Morgan fingerprint density at radius 2 is 1.29 bits per heavy atom. The van der Waals surface area contributed by atoms with Crippen LogP contribution in [0.15, 0.2) is 0 Å². The highest BCUT2D eigenvalue weighted by Crippen LogP contribution is 2.05. The second-order valence-electron chi connectivity index (χ2n) is 5.87. The predicted octanol–water partition coefficient (Wildman–Crippen LogP) is -2.02. The Bertz CT molecular complexity index is 422. The lowest BCUT2D eigenvalue weighted by Crippen LogP contribution is -2.43. The van der Waals surface area contributed by atoms with E-state index < -0.39 is 42.2 Å². The van der Waals surface area contributed by atoms with Gasteiger partial charge < -0.3 is 34.8 Å². The summed E-state index contributed by atoms with van der Waals surface area (Å²) in [6, 6.07) is 0. The molecular formula is C13H24NO10+. The zero-order valence-electron chi connectivity index (χ0n) is 13.9. The molecule has 5 N–H and O–H groups in total. The van der Waals surface area contributed by atoms with Gasteiger partial charge in [0.15, 0.2) is 18.3 Å². The van der Waals surface area contributed by atoms with Crippen LogP contribution in [0.4, 0.5) is 0 Å². The molecule has 0 saturated carbocycles. The topological polar surface area (TPSA) is 179 Å². The molecule has 0 fully saturated rings. The van der Waals surface area contributed by atoms with E-state index in [1.807, 2.05) is 21.1 Å². The minimum Gasteiger partial charge on any atom is -0.481 e. The van der Waals surface area contributed by atoms with Crippen LogP contribution in [-0.4, -0.2) is 99.9 Å². The summed E-state index contributed by atoms with van der Waals surface area (Å²) in [6.45, 7) is 1.77. The molecule has 0 aliphatic heterocycles. The molecule has 0 amide bonds. The molecule has 0 rings (SSSR count). The second kappa shape index (κ2) is 10.5. The Labute approximate surface area is 138 Å². The summed E-state index contributed by atoms with van der Waals surface area (Å²) in [4.78, 5) is 40.7. The number of carbonyl (C=O) groups is 4. The summed E-state index contributed by atoms with van der Waals surface area (Å²) in [5.74, 6) is -4.93. The number of quaternary nitrogens is 1. The molecular weight excluding hydrogens is 330 g/mol. The highest BCUT2D eigenvalue weighted by molar-refractivity contribution is 5.83. The van der Waals surface area contributed by atoms with E-state index in [-0.39, 0.29) is 6.42 Å². The van der Waals surface area contributed by atoms with E-state index in [9.17, 15) is 19.2 Å². The van der Waals surface area contributed by atoms with Crippen LogP contribution >= 0.6 is 0 Å². The number of likely N-dealkylation sites (N-methyl/N-ethyl adjacent to an activating group) is 1. The standard InChI is InChI=1S/C9H17NO4.C4H6O6/c1-7(11)14-8(5-9(12)13)6-10(2,3)4;5-1(3(7)8)2(6)4(9)10/h8H,5-6H2,1-4H3;1-2,5-6H,(H,7,8)(H,9,10)/p+1/t8-;1-,2-/m11/s1. The van der Waals surface area contributed by atoms with Crippen molar-refractivity contribution in [3.63, 3.8) is 0 Å². The van der Waals surface area contributed by atoms with Gasteiger partial charge in [0.25, 0.3) is 0 Å². The lowest BCUT2D eigenvalue weighted by atomic mass is 10.2. The molecule has 0 bridgehead atoms. The first-order valence-corrected chi connectivity index (χ1v) is 6.68. The normalized spacial score (nSPS) is 14.4. The Balaban J connectivity index is 0. The van der Waals surface area contributed by atoms with Crippen molar-refractivity contribution < 1.29 is 53.9 Å². The lowest BCUT2D eigenvalue weighted by Gasteiger charge is -2.28. The maximum atomic E-state index is 10.7. The van der Waals surface area contributed by atoms with Crippen LogP contribution < -0.4 is 0 Å². The smallest absolute Gasteiger partial charge is 0.335 e. The van der Waals surface area contributed by atoms with Crippen LogP contribution in [0.25, 0.3) is 0 Å². The molecule has 24 heavy (non-hydrogen) atoms. The van der Waals surface area contributed by atoms with Gasteiger partial charge >= 0.3 is 23.9 Å². The Kier molecular flexibility index (Phi) is 10.5. The molecule has 11 nitrogen and oxygen atoms in total. The number of aliphatic hydroxyl groups is 2. The Morgan fingerprint density at radius 3 is 1.50 bits per heavy atom. The van der Waals surface area contributed by atoms with Crippen molar-refractivity contribution >= 4 is 23.9 Å². The number of nitrogens with zero attached hydrogens (tertiary/aromatic N) is 1. The lowest BCUT2D eigenvalue weighted by molar-refractivity contribution is -0.873. The zero-order chi connectivity index (χ0) is 19.7. The zero-order valence-corrected chi connectivity index (χ0v) is 13.9. The maximum absolute atomic E-state index is 10.7. The molecule has 0 aromatic carbocycles. The van der Waals surface area contributed by atoms with Crippen LogP contribution in [0.2, 0.25) is 0 Å². The quantitative estimate of drug-likeness (QED) is 0.241. The minimum absolute atomic E-state index is 0.144. The molecule has 11 heteroatoms. The molecule has 0 saturated heterocycles. The minimum atomic E-state index is -2.27. The fraction of sp³-hybridized carbons (Fsp3) is 0.692. The number of aliphatic carboxylic acids is 3. The van der Waals surface area contributed by atoms with E-state index in [1.54, 1.807) is 0 Å². The molecule has 0 aromatic heterocycles. The van der Waals surface area contributed by atoms with Crippen LogP contribution in [0.3, 0.4) is 0 Å². The highest BCUT2D eigenvalue weighted by atomic mass is 16.5. The first-order chi connectivity index (χ1) is 10.7. The number of carbonyl (C=O) groups excluding carboxylic acids is 1. The number of carboxylic acid groups (broad SMARTS) is 3. The molecule has 0 aromatic rings. The molecule has 0 heterocycles. The van der Waals surface area contributed by atoms with Crippen molar-refractivity contribution in [2.45, 2.75) is 31.7 Å². The molecule has 0 aliphatic rings. The van der Waals surface area contributed by atoms with E-state index in [1.165, 1.54) is 6.92 Å². The summed E-state index contributed by atoms with van der Waals surface area (Å²) in [7, 11) is 5.75. The van der Waals surface area contributed by atoms with Crippen molar-refractivity contribution in [3.05, 3.63) is 0 Å². The van der Waals surface area contributed by atoms with Crippen LogP contribution in [0.5, 0.6) is 0 Å². The summed E-state index contributed by atoms with van der Waals surface area (Å²) >= 11 is 0. The highest BCUT2D eigenvalue weighted by Gasteiger charge is 2.29. The third-order valence-electron chi connectivity index (χ3n) is 2.29. The SMILES string of the molecule is CC(=O)O[C@H](CC(=O)O)C[N+](C)(C)C.O=C(O)[C@H](O)[C@@H](O)C(=O)O. The largest absolute Gasteiger partial charge is 0.481 e. The van der Waals surface area contributed by atoms with Gasteiger partial charge in [-0.15, -0.1) is 0 Å². The van der Waals surface area contributed by atoms with Crippen molar-refractivity contribution in [1.29, 1.82) is 0 Å².